The van der Waals surface area contributed by atoms with Gasteiger partial charge >= 0.3 is 0 Å². The minimum atomic E-state index is -0.386. The molecule has 2 saturated heterocycles. The quantitative estimate of drug-likeness (QED) is 0.734. The summed E-state index contributed by atoms with van der Waals surface area (Å²) >= 11 is 0. The third-order valence-corrected chi connectivity index (χ3v) is 3.86. The maximum absolute atomic E-state index is 12.9. The van der Waals surface area contributed by atoms with Crippen LogP contribution in [0.1, 0.15) is 6.42 Å². The maximum atomic E-state index is 12.9. The minimum absolute atomic E-state index is 0.196. The molecule has 6 heteroatoms. The first kappa shape index (κ1) is 13.2. The van der Waals surface area contributed by atoms with Crippen molar-refractivity contribution < 1.29 is 23.6 Å². The molecule has 1 atom stereocenters. The van der Waals surface area contributed by atoms with Crippen LogP contribution in [0.25, 0.3) is 0 Å². The Bertz CT molecular complexity index is 526. The van der Waals surface area contributed by atoms with Crippen molar-refractivity contribution in [2.75, 3.05) is 31.2 Å². The molecule has 0 spiro atoms. The molecule has 2 fully saturated rings. The Hall–Kier alpha value is -1.79. The van der Waals surface area contributed by atoms with E-state index in [9.17, 15) is 14.0 Å². The van der Waals surface area contributed by atoms with Gasteiger partial charge in [-0.25, -0.2) is 9.29 Å². The van der Waals surface area contributed by atoms with Crippen LogP contribution >= 0.6 is 0 Å². The number of benzene rings is 1. The van der Waals surface area contributed by atoms with E-state index in [1.54, 1.807) is 0 Å². The van der Waals surface area contributed by atoms with Crippen molar-refractivity contribution >= 4 is 17.5 Å². The van der Waals surface area contributed by atoms with Crippen molar-refractivity contribution in [3.63, 3.8) is 0 Å². The monoisotopic (exact) mass is 279 g/mol. The smallest absolute Gasteiger partial charge is 0.292 e. The van der Waals surface area contributed by atoms with E-state index in [-0.39, 0.29) is 30.1 Å². The largest absolute Gasteiger partial charge is 0.370 e. The summed E-state index contributed by atoms with van der Waals surface area (Å²) in [6.45, 7) is 2.70. The zero-order valence-corrected chi connectivity index (χ0v) is 11.0. The number of quaternary nitrogens is 1. The number of carbonyl (C=O) groups is 2. The van der Waals surface area contributed by atoms with Gasteiger partial charge in [-0.15, -0.1) is 0 Å². The summed E-state index contributed by atoms with van der Waals surface area (Å²) in [7, 11) is 0. The van der Waals surface area contributed by atoms with Gasteiger partial charge in [0.05, 0.1) is 25.3 Å². The fourth-order valence-corrected chi connectivity index (χ4v) is 2.79. The Labute approximate surface area is 115 Å². The second-order valence-corrected chi connectivity index (χ2v) is 5.07. The number of rotatable bonds is 2. The Morgan fingerprint density at radius 3 is 2.45 bits per heavy atom. The summed E-state index contributed by atoms with van der Waals surface area (Å²) in [6, 6.07) is 5.09. The molecule has 106 valence electrons. The van der Waals surface area contributed by atoms with Gasteiger partial charge in [0.1, 0.15) is 18.9 Å². The van der Waals surface area contributed by atoms with Crippen molar-refractivity contribution in [3.05, 3.63) is 30.1 Å². The molecule has 0 unspecified atom stereocenters. The Morgan fingerprint density at radius 2 is 1.80 bits per heavy atom. The van der Waals surface area contributed by atoms with Gasteiger partial charge in [-0.3, -0.25) is 9.59 Å². The molecular weight excluding hydrogens is 263 g/mol. The summed E-state index contributed by atoms with van der Waals surface area (Å²) in [5, 5.41) is 0. The number of hydrogen-bond donors (Lipinski definition) is 1. The molecule has 20 heavy (non-hydrogen) atoms. The normalized spacial score (nSPS) is 24.4. The molecule has 0 aliphatic carbocycles. The second kappa shape index (κ2) is 5.30. The van der Waals surface area contributed by atoms with Crippen molar-refractivity contribution in [2.45, 2.75) is 12.5 Å². The van der Waals surface area contributed by atoms with Crippen LogP contribution in [0, 0.1) is 5.82 Å². The highest BCUT2D eigenvalue weighted by Gasteiger charge is 2.45. The lowest BCUT2D eigenvalue weighted by Gasteiger charge is -2.27. The number of anilines is 1. The van der Waals surface area contributed by atoms with Crippen molar-refractivity contribution in [1.29, 1.82) is 0 Å². The van der Waals surface area contributed by atoms with Gasteiger partial charge in [0.2, 0.25) is 5.91 Å². The van der Waals surface area contributed by atoms with E-state index in [0.29, 0.717) is 18.9 Å². The number of nitrogens with one attached hydrogen (secondary N) is 1. The van der Waals surface area contributed by atoms with Crippen molar-refractivity contribution in [3.8, 4) is 0 Å². The number of morpholine rings is 1. The van der Waals surface area contributed by atoms with Gasteiger partial charge in [0.25, 0.3) is 5.91 Å². The van der Waals surface area contributed by atoms with Crippen LogP contribution < -0.4 is 9.80 Å². The van der Waals surface area contributed by atoms with Crippen LogP contribution in [0.5, 0.6) is 0 Å². The van der Waals surface area contributed by atoms with Crippen molar-refractivity contribution in [1.82, 2.24) is 0 Å². The van der Waals surface area contributed by atoms with E-state index in [0.717, 1.165) is 18.0 Å². The summed E-state index contributed by atoms with van der Waals surface area (Å²) in [5.74, 6) is -0.799. The van der Waals surface area contributed by atoms with Crippen molar-refractivity contribution in [2.24, 2.45) is 0 Å². The van der Waals surface area contributed by atoms with E-state index in [1.807, 2.05) is 0 Å². The number of halogens is 1. The standard InChI is InChI=1S/C14H15FN2O3/c15-10-1-3-11(4-2-10)17-13(18)9-12(14(17)19)16-5-7-20-8-6-16/h1-4,12H,5-9H2/p+1/t12-/m0/s1. The topological polar surface area (TPSA) is 51.1 Å². The van der Waals surface area contributed by atoms with E-state index in [1.165, 1.54) is 29.2 Å². The van der Waals surface area contributed by atoms with E-state index in [2.05, 4.69) is 0 Å². The van der Waals surface area contributed by atoms with Crippen LogP contribution in [0.2, 0.25) is 0 Å². The Morgan fingerprint density at radius 1 is 1.15 bits per heavy atom. The Balaban J connectivity index is 1.81. The summed E-state index contributed by atoms with van der Waals surface area (Å²) in [6.07, 6.45) is 0.214. The molecule has 5 nitrogen and oxygen atoms in total. The predicted molar refractivity (Wildman–Crippen MR) is 68.8 cm³/mol. The molecule has 1 aromatic carbocycles. The lowest BCUT2D eigenvalue weighted by atomic mass is 10.2. The summed E-state index contributed by atoms with van der Waals surface area (Å²) in [5.41, 5.74) is 0.441. The maximum Gasteiger partial charge on any atom is 0.292 e. The summed E-state index contributed by atoms with van der Waals surface area (Å²) < 4.78 is 18.2. The van der Waals surface area contributed by atoms with Crippen LogP contribution in [-0.2, 0) is 14.3 Å². The van der Waals surface area contributed by atoms with Gasteiger partial charge in [-0.1, -0.05) is 0 Å². The van der Waals surface area contributed by atoms with Crippen LogP contribution in [-0.4, -0.2) is 44.2 Å². The van der Waals surface area contributed by atoms with Crippen LogP contribution in [0.4, 0.5) is 10.1 Å². The zero-order valence-electron chi connectivity index (χ0n) is 11.0. The first-order valence-electron chi connectivity index (χ1n) is 6.71. The number of ether oxygens (including phenoxy) is 1. The minimum Gasteiger partial charge on any atom is -0.370 e. The molecule has 3 rings (SSSR count). The second-order valence-electron chi connectivity index (χ2n) is 5.07. The average Bonchev–Trinajstić information content (AvgIpc) is 2.76. The molecule has 2 amide bonds. The third-order valence-electron chi connectivity index (χ3n) is 3.86. The number of amides is 2. The molecule has 1 aromatic rings. The molecular formula is C14H16FN2O3+. The highest BCUT2D eigenvalue weighted by atomic mass is 19.1. The van der Waals surface area contributed by atoms with Gasteiger partial charge in [-0.05, 0) is 24.3 Å². The van der Waals surface area contributed by atoms with Gasteiger partial charge in [-0.2, -0.15) is 0 Å². The highest BCUT2D eigenvalue weighted by Crippen LogP contribution is 2.22. The molecule has 2 aliphatic heterocycles. The van der Waals surface area contributed by atoms with Gasteiger partial charge < -0.3 is 9.64 Å². The first-order valence-corrected chi connectivity index (χ1v) is 6.71. The number of hydrogen-bond acceptors (Lipinski definition) is 3. The molecule has 0 aromatic heterocycles. The summed E-state index contributed by atoms with van der Waals surface area (Å²) in [4.78, 5) is 26.8. The highest BCUT2D eigenvalue weighted by molar-refractivity contribution is 6.21. The third kappa shape index (κ3) is 2.32. The Kier molecular flexibility index (Phi) is 3.50. The number of carbonyl (C=O) groups excluding carboxylic acids is 2. The molecule has 1 N–H and O–H groups in total. The van der Waals surface area contributed by atoms with E-state index < -0.39 is 0 Å². The molecule has 2 heterocycles. The zero-order chi connectivity index (χ0) is 14.1. The van der Waals surface area contributed by atoms with E-state index >= 15 is 0 Å². The number of nitrogens with zero attached hydrogens (tertiary/aromatic N) is 1. The lowest BCUT2D eigenvalue weighted by molar-refractivity contribution is -0.922. The molecule has 0 radical (unpaired) electrons. The molecule has 0 bridgehead atoms. The first-order chi connectivity index (χ1) is 9.66. The lowest BCUT2D eigenvalue weighted by Crippen LogP contribution is -3.18. The van der Waals surface area contributed by atoms with E-state index in [4.69, 9.17) is 4.74 Å². The predicted octanol–water partition coefficient (Wildman–Crippen LogP) is -0.627. The van der Waals surface area contributed by atoms with Crippen LogP contribution in [0.3, 0.4) is 0 Å². The van der Waals surface area contributed by atoms with Gasteiger partial charge in [0.15, 0.2) is 6.04 Å². The fourth-order valence-electron chi connectivity index (χ4n) is 2.79. The van der Waals surface area contributed by atoms with Crippen LogP contribution in [0.15, 0.2) is 24.3 Å². The average molecular weight is 279 g/mol. The molecule has 0 saturated carbocycles. The number of imide groups is 1. The van der Waals surface area contributed by atoms with Gasteiger partial charge in [0, 0.05) is 0 Å². The fraction of sp³-hybridized carbons (Fsp3) is 0.429. The SMILES string of the molecule is O=C1C[C@H]([NH+]2CCOCC2)C(=O)N1c1ccc(F)cc1. The molecule has 2 aliphatic rings.